The van der Waals surface area contributed by atoms with Crippen molar-refractivity contribution in [1.29, 1.82) is 0 Å². The maximum absolute atomic E-state index is 4.39. The number of benzene rings is 1. The van der Waals surface area contributed by atoms with E-state index in [2.05, 4.69) is 60.2 Å². The zero-order chi connectivity index (χ0) is 13.5. The number of H-pyrrole nitrogens is 1. The molecule has 3 heteroatoms. The predicted octanol–water partition coefficient (Wildman–Crippen LogP) is 3.92. The van der Waals surface area contributed by atoms with Gasteiger partial charge >= 0.3 is 0 Å². The van der Waals surface area contributed by atoms with Crippen molar-refractivity contribution in [3.8, 4) is 11.3 Å². The standard InChI is InChI=1S/C16H17N3/c1-16(2,3)12-8-6-11(7-9-12)14-15-13(18-19-14)5-4-10-17-15/h4-10H,1-3H3,(H,18,19). The molecule has 1 aromatic carbocycles. The second kappa shape index (κ2) is 4.19. The van der Waals surface area contributed by atoms with E-state index in [1.165, 1.54) is 5.56 Å². The van der Waals surface area contributed by atoms with E-state index in [0.717, 1.165) is 22.3 Å². The minimum absolute atomic E-state index is 0.171. The van der Waals surface area contributed by atoms with Gasteiger partial charge in [0.2, 0.25) is 0 Å². The smallest absolute Gasteiger partial charge is 0.118 e. The van der Waals surface area contributed by atoms with Crippen LogP contribution in [0.2, 0.25) is 0 Å². The van der Waals surface area contributed by atoms with Crippen LogP contribution in [0.5, 0.6) is 0 Å². The zero-order valence-electron chi connectivity index (χ0n) is 11.4. The molecule has 3 aromatic rings. The van der Waals surface area contributed by atoms with Gasteiger partial charge in [-0.05, 0) is 23.1 Å². The summed E-state index contributed by atoms with van der Waals surface area (Å²) >= 11 is 0. The third-order valence-corrected chi connectivity index (χ3v) is 3.34. The van der Waals surface area contributed by atoms with Gasteiger partial charge in [-0.25, -0.2) is 0 Å². The number of pyridine rings is 1. The molecule has 3 nitrogen and oxygen atoms in total. The monoisotopic (exact) mass is 251 g/mol. The molecular weight excluding hydrogens is 234 g/mol. The SMILES string of the molecule is CC(C)(C)c1ccc(-c2n[nH]c3cccnc23)cc1. The van der Waals surface area contributed by atoms with Gasteiger partial charge in [0.05, 0.1) is 5.52 Å². The second-order valence-electron chi connectivity index (χ2n) is 5.80. The van der Waals surface area contributed by atoms with Crippen LogP contribution in [0.1, 0.15) is 26.3 Å². The summed E-state index contributed by atoms with van der Waals surface area (Å²) in [7, 11) is 0. The van der Waals surface area contributed by atoms with Crippen LogP contribution in [-0.2, 0) is 5.41 Å². The van der Waals surface area contributed by atoms with Crippen LogP contribution in [0.3, 0.4) is 0 Å². The van der Waals surface area contributed by atoms with Crippen LogP contribution in [0.4, 0.5) is 0 Å². The molecule has 0 aliphatic heterocycles. The maximum Gasteiger partial charge on any atom is 0.118 e. The lowest BCUT2D eigenvalue weighted by atomic mass is 9.86. The third-order valence-electron chi connectivity index (χ3n) is 3.34. The Morgan fingerprint density at radius 3 is 2.42 bits per heavy atom. The minimum atomic E-state index is 0.171. The number of fused-ring (bicyclic) bond motifs is 1. The summed E-state index contributed by atoms with van der Waals surface area (Å²) in [4.78, 5) is 4.39. The van der Waals surface area contributed by atoms with Gasteiger partial charge in [-0.3, -0.25) is 10.1 Å². The molecule has 1 N–H and O–H groups in total. The molecular formula is C16H17N3. The van der Waals surface area contributed by atoms with Crippen LogP contribution in [0.15, 0.2) is 42.6 Å². The van der Waals surface area contributed by atoms with E-state index >= 15 is 0 Å². The van der Waals surface area contributed by atoms with Gasteiger partial charge in [0.15, 0.2) is 0 Å². The summed E-state index contributed by atoms with van der Waals surface area (Å²) in [5.74, 6) is 0. The predicted molar refractivity (Wildman–Crippen MR) is 78.0 cm³/mol. The van der Waals surface area contributed by atoms with Gasteiger partial charge in [-0.15, -0.1) is 0 Å². The van der Waals surface area contributed by atoms with Crippen LogP contribution >= 0.6 is 0 Å². The molecule has 0 saturated carbocycles. The van der Waals surface area contributed by atoms with Crippen molar-refractivity contribution in [3.63, 3.8) is 0 Å². The topological polar surface area (TPSA) is 41.6 Å². The van der Waals surface area contributed by atoms with E-state index in [4.69, 9.17) is 0 Å². The fourth-order valence-electron chi connectivity index (χ4n) is 2.18. The maximum atomic E-state index is 4.39. The number of aromatic nitrogens is 3. The summed E-state index contributed by atoms with van der Waals surface area (Å²) in [6.45, 7) is 6.65. The van der Waals surface area contributed by atoms with E-state index in [0.29, 0.717) is 0 Å². The highest BCUT2D eigenvalue weighted by Crippen LogP contribution is 2.28. The fourth-order valence-corrected chi connectivity index (χ4v) is 2.18. The lowest BCUT2D eigenvalue weighted by molar-refractivity contribution is 0.590. The molecule has 0 unspecified atom stereocenters. The van der Waals surface area contributed by atoms with Gasteiger partial charge in [0, 0.05) is 11.8 Å². The Bertz CT molecular complexity index is 703. The molecule has 3 rings (SSSR count). The highest BCUT2D eigenvalue weighted by molar-refractivity contribution is 5.89. The Morgan fingerprint density at radius 2 is 1.74 bits per heavy atom. The molecule has 0 aliphatic rings. The van der Waals surface area contributed by atoms with Crippen molar-refractivity contribution in [2.45, 2.75) is 26.2 Å². The molecule has 19 heavy (non-hydrogen) atoms. The average molecular weight is 251 g/mol. The number of nitrogens with one attached hydrogen (secondary N) is 1. The zero-order valence-corrected chi connectivity index (χ0v) is 11.4. The Balaban J connectivity index is 2.07. The van der Waals surface area contributed by atoms with Crippen LogP contribution < -0.4 is 0 Å². The Morgan fingerprint density at radius 1 is 1.00 bits per heavy atom. The van der Waals surface area contributed by atoms with Gasteiger partial charge < -0.3 is 0 Å². The highest BCUT2D eigenvalue weighted by atomic mass is 15.1. The minimum Gasteiger partial charge on any atom is -0.276 e. The summed E-state index contributed by atoms with van der Waals surface area (Å²) in [5, 5.41) is 7.39. The Kier molecular flexibility index (Phi) is 2.63. The van der Waals surface area contributed by atoms with E-state index in [1.54, 1.807) is 6.20 Å². The molecule has 0 saturated heterocycles. The van der Waals surface area contributed by atoms with Crippen LogP contribution in [0.25, 0.3) is 22.3 Å². The molecule has 0 bridgehead atoms. The summed E-state index contributed by atoms with van der Waals surface area (Å²) in [6, 6.07) is 12.5. The van der Waals surface area contributed by atoms with Crippen molar-refractivity contribution >= 4 is 11.0 Å². The third kappa shape index (κ3) is 2.12. The number of hydrogen-bond acceptors (Lipinski definition) is 2. The Labute approximate surface area is 112 Å². The number of aromatic amines is 1. The van der Waals surface area contributed by atoms with Crippen molar-refractivity contribution < 1.29 is 0 Å². The van der Waals surface area contributed by atoms with E-state index in [-0.39, 0.29) is 5.41 Å². The average Bonchev–Trinajstić information content (AvgIpc) is 2.82. The molecule has 0 spiro atoms. The first-order valence-corrected chi connectivity index (χ1v) is 6.46. The lowest BCUT2D eigenvalue weighted by Gasteiger charge is -2.18. The molecule has 0 amide bonds. The molecule has 0 fully saturated rings. The van der Waals surface area contributed by atoms with Crippen molar-refractivity contribution in [1.82, 2.24) is 15.2 Å². The second-order valence-corrected chi connectivity index (χ2v) is 5.80. The van der Waals surface area contributed by atoms with E-state index in [1.807, 2.05) is 12.1 Å². The van der Waals surface area contributed by atoms with E-state index in [9.17, 15) is 0 Å². The number of rotatable bonds is 1. The van der Waals surface area contributed by atoms with Gasteiger partial charge in [0.25, 0.3) is 0 Å². The van der Waals surface area contributed by atoms with E-state index < -0.39 is 0 Å². The van der Waals surface area contributed by atoms with Gasteiger partial charge in [-0.2, -0.15) is 5.10 Å². The summed E-state index contributed by atoms with van der Waals surface area (Å²) in [6.07, 6.45) is 1.80. The van der Waals surface area contributed by atoms with Crippen LogP contribution in [-0.4, -0.2) is 15.2 Å². The quantitative estimate of drug-likeness (QED) is 0.712. The van der Waals surface area contributed by atoms with Gasteiger partial charge in [-0.1, -0.05) is 45.0 Å². The summed E-state index contributed by atoms with van der Waals surface area (Å²) in [5.41, 5.74) is 5.39. The lowest BCUT2D eigenvalue weighted by Crippen LogP contribution is -2.10. The normalized spacial score (nSPS) is 11.9. The highest BCUT2D eigenvalue weighted by Gasteiger charge is 2.14. The first-order chi connectivity index (χ1) is 9.05. The molecule has 0 atom stereocenters. The van der Waals surface area contributed by atoms with Crippen molar-refractivity contribution in [3.05, 3.63) is 48.2 Å². The van der Waals surface area contributed by atoms with Crippen molar-refractivity contribution in [2.24, 2.45) is 0 Å². The Hall–Kier alpha value is -2.16. The van der Waals surface area contributed by atoms with Crippen LogP contribution in [0, 0.1) is 0 Å². The first-order valence-electron chi connectivity index (χ1n) is 6.46. The molecule has 0 radical (unpaired) electrons. The molecule has 2 heterocycles. The molecule has 2 aromatic heterocycles. The van der Waals surface area contributed by atoms with Crippen molar-refractivity contribution in [2.75, 3.05) is 0 Å². The molecule has 96 valence electrons. The first kappa shape index (κ1) is 11.9. The number of nitrogens with zero attached hydrogens (tertiary/aromatic N) is 2. The number of hydrogen-bond donors (Lipinski definition) is 1. The summed E-state index contributed by atoms with van der Waals surface area (Å²) < 4.78 is 0. The fraction of sp³-hybridized carbons (Fsp3) is 0.250. The molecule has 0 aliphatic carbocycles. The van der Waals surface area contributed by atoms with Gasteiger partial charge in [0.1, 0.15) is 11.2 Å². The largest absolute Gasteiger partial charge is 0.276 e.